The van der Waals surface area contributed by atoms with Crippen LogP contribution in [0.3, 0.4) is 0 Å². The molecule has 5 heteroatoms. The summed E-state index contributed by atoms with van der Waals surface area (Å²) in [5, 5.41) is 5.64. The van der Waals surface area contributed by atoms with E-state index < -0.39 is 0 Å². The first-order chi connectivity index (χ1) is 9.77. The lowest BCUT2D eigenvalue weighted by molar-refractivity contribution is -0.130. The first-order valence-corrected chi connectivity index (χ1v) is 8.26. The van der Waals surface area contributed by atoms with E-state index in [2.05, 4.69) is 22.8 Å². The molecular formula is C15H22N2O2S. The summed E-state index contributed by atoms with van der Waals surface area (Å²) < 4.78 is 5.07. The van der Waals surface area contributed by atoms with Crippen molar-refractivity contribution in [2.75, 3.05) is 20.3 Å². The van der Waals surface area contributed by atoms with E-state index in [9.17, 15) is 4.79 Å². The number of amides is 1. The molecule has 20 heavy (non-hydrogen) atoms. The number of nitrogens with one attached hydrogen (secondary N) is 1. The zero-order chi connectivity index (χ0) is 14.0. The summed E-state index contributed by atoms with van der Waals surface area (Å²) >= 11 is 1.73. The molecule has 4 nitrogen and oxygen atoms in total. The molecule has 0 aromatic carbocycles. The number of ether oxygens (including phenoxy) is 1. The molecule has 1 aliphatic carbocycles. The molecule has 1 aromatic heterocycles. The molecule has 2 fully saturated rings. The summed E-state index contributed by atoms with van der Waals surface area (Å²) in [6.45, 7) is 1.66. The van der Waals surface area contributed by atoms with Gasteiger partial charge in [-0.1, -0.05) is 6.07 Å². The van der Waals surface area contributed by atoms with Crippen molar-refractivity contribution >= 4 is 17.2 Å². The summed E-state index contributed by atoms with van der Waals surface area (Å²) in [5.74, 6) is 0.308. The standard InChI is InChI=1S/C15H22N2O2S/c1-19-10-4-2-3-9-17-13(12-6-5-11-20-12)16-15(7-8-15)14(17)18/h5-6,11,13,16H,2-4,7-10H2,1H3. The predicted molar refractivity (Wildman–Crippen MR) is 79.6 cm³/mol. The van der Waals surface area contributed by atoms with Crippen LogP contribution in [0.5, 0.6) is 0 Å². The highest BCUT2D eigenvalue weighted by Crippen LogP contribution is 2.46. The van der Waals surface area contributed by atoms with E-state index in [1.54, 1.807) is 18.4 Å². The lowest BCUT2D eigenvalue weighted by Crippen LogP contribution is -2.32. The van der Waals surface area contributed by atoms with E-state index in [4.69, 9.17) is 4.74 Å². The third kappa shape index (κ3) is 2.62. The number of carbonyl (C=O) groups is 1. The van der Waals surface area contributed by atoms with Crippen molar-refractivity contribution in [2.45, 2.75) is 43.8 Å². The number of thiophene rings is 1. The molecule has 1 amide bonds. The molecule has 1 aromatic rings. The zero-order valence-electron chi connectivity index (χ0n) is 11.9. The van der Waals surface area contributed by atoms with Crippen LogP contribution in [0, 0.1) is 0 Å². The van der Waals surface area contributed by atoms with Gasteiger partial charge in [0.25, 0.3) is 0 Å². The van der Waals surface area contributed by atoms with E-state index in [-0.39, 0.29) is 11.7 Å². The Morgan fingerprint density at radius 1 is 1.45 bits per heavy atom. The predicted octanol–water partition coefficient (Wildman–Crippen LogP) is 2.53. The highest BCUT2D eigenvalue weighted by Gasteiger charge is 2.59. The van der Waals surface area contributed by atoms with Crippen LogP contribution < -0.4 is 5.32 Å². The molecule has 2 heterocycles. The third-order valence-corrected chi connectivity index (χ3v) is 5.13. The van der Waals surface area contributed by atoms with Gasteiger partial charge in [-0.2, -0.15) is 0 Å². The van der Waals surface area contributed by atoms with Crippen molar-refractivity contribution in [2.24, 2.45) is 0 Å². The molecule has 110 valence electrons. The third-order valence-electron chi connectivity index (χ3n) is 4.21. The van der Waals surface area contributed by atoms with Crippen LogP contribution in [0.2, 0.25) is 0 Å². The lowest BCUT2D eigenvalue weighted by atomic mass is 10.2. The van der Waals surface area contributed by atoms with E-state index in [1.165, 1.54) is 4.88 Å². The molecule has 2 aliphatic rings. The van der Waals surface area contributed by atoms with Crippen molar-refractivity contribution in [1.82, 2.24) is 10.2 Å². The van der Waals surface area contributed by atoms with Gasteiger partial charge in [0, 0.05) is 25.1 Å². The number of rotatable bonds is 7. The van der Waals surface area contributed by atoms with Crippen molar-refractivity contribution < 1.29 is 9.53 Å². The average Bonchev–Trinajstić information content (AvgIpc) is 2.93. The fourth-order valence-corrected chi connectivity index (χ4v) is 3.67. The Balaban J connectivity index is 1.61. The maximum absolute atomic E-state index is 12.6. The minimum atomic E-state index is -0.221. The van der Waals surface area contributed by atoms with E-state index in [0.29, 0.717) is 5.91 Å². The maximum Gasteiger partial charge on any atom is 0.244 e. The number of hydrogen-bond donors (Lipinski definition) is 1. The van der Waals surface area contributed by atoms with Crippen molar-refractivity contribution in [3.05, 3.63) is 22.4 Å². The molecule has 0 radical (unpaired) electrons. The van der Waals surface area contributed by atoms with Gasteiger partial charge in [0.05, 0.1) is 0 Å². The Hall–Kier alpha value is -0.910. The molecule has 0 bridgehead atoms. The Morgan fingerprint density at radius 3 is 2.95 bits per heavy atom. The van der Waals surface area contributed by atoms with E-state index in [0.717, 1.165) is 45.3 Å². The van der Waals surface area contributed by atoms with Crippen molar-refractivity contribution in [1.29, 1.82) is 0 Å². The second-order valence-electron chi connectivity index (χ2n) is 5.70. The highest BCUT2D eigenvalue weighted by molar-refractivity contribution is 7.10. The van der Waals surface area contributed by atoms with E-state index >= 15 is 0 Å². The van der Waals surface area contributed by atoms with Gasteiger partial charge in [0.15, 0.2) is 0 Å². The van der Waals surface area contributed by atoms with Crippen LogP contribution in [0.1, 0.15) is 43.1 Å². The highest BCUT2D eigenvalue weighted by atomic mass is 32.1. The summed E-state index contributed by atoms with van der Waals surface area (Å²) in [5.41, 5.74) is -0.221. The number of hydrogen-bond acceptors (Lipinski definition) is 4. The Bertz CT molecular complexity index is 456. The monoisotopic (exact) mass is 294 g/mol. The minimum absolute atomic E-state index is 0.0902. The van der Waals surface area contributed by atoms with Gasteiger partial charge < -0.3 is 9.64 Å². The second-order valence-corrected chi connectivity index (χ2v) is 6.68. The molecular weight excluding hydrogens is 272 g/mol. The molecule has 1 saturated carbocycles. The minimum Gasteiger partial charge on any atom is -0.385 e. The molecule has 1 saturated heterocycles. The maximum atomic E-state index is 12.6. The van der Waals surface area contributed by atoms with Gasteiger partial charge in [-0.15, -0.1) is 11.3 Å². The van der Waals surface area contributed by atoms with Crippen LogP contribution in [0.4, 0.5) is 0 Å². The number of methoxy groups -OCH3 is 1. The van der Waals surface area contributed by atoms with Crippen LogP contribution in [0.25, 0.3) is 0 Å². The van der Waals surface area contributed by atoms with Gasteiger partial charge >= 0.3 is 0 Å². The quantitative estimate of drug-likeness (QED) is 0.786. The molecule has 1 unspecified atom stereocenters. The molecule has 1 aliphatic heterocycles. The Kier molecular flexibility index (Phi) is 4.10. The summed E-state index contributed by atoms with van der Waals surface area (Å²) in [7, 11) is 1.73. The number of carbonyl (C=O) groups excluding carboxylic acids is 1. The second kappa shape index (κ2) is 5.84. The van der Waals surface area contributed by atoms with Crippen molar-refractivity contribution in [3.63, 3.8) is 0 Å². The molecule has 3 rings (SSSR count). The van der Waals surface area contributed by atoms with Crippen LogP contribution >= 0.6 is 11.3 Å². The smallest absolute Gasteiger partial charge is 0.244 e. The summed E-state index contributed by atoms with van der Waals surface area (Å²) in [6, 6.07) is 4.18. The molecule has 1 spiro atoms. The van der Waals surface area contributed by atoms with Gasteiger partial charge in [0.1, 0.15) is 11.7 Å². The summed E-state index contributed by atoms with van der Waals surface area (Å²) in [4.78, 5) is 15.9. The Labute approximate surface area is 124 Å². The fraction of sp³-hybridized carbons (Fsp3) is 0.667. The van der Waals surface area contributed by atoms with Gasteiger partial charge in [-0.05, 0) is 43.6 Å². The van der Waals surface area contributed by atoms with Gasteiger partial charge in [-0.25, -0.2) is 0 Å². The largest absolute Gasteiger partial charge is 0.385 e. The number of nitrogens with zero attached hydrogens (tertiary/aromatic N) is 1. The number of unbranched alkanes of at least 4 members (excludes halogenated alkanes) is 2. The SMILES string of the molecule is COCCCCCN1C(=O)C2(CC2)NC1c1cccs1. The lowest BCUT2D eigenvalue weighted by Gasteiger charge is -2.23. The van der Waals surface area contributed by atoms with Gasteiger partial charge in [-0.3, -0.25) is 10.1 Å². The van der Waals surface area contributed by atoms with Crippen LogP contribution in [-0.2, 0) is 9.53 Å². The average molecular weight is 294 g/mol. The zero-order valence-corrected chi connectivity index (χ0v) is 12.7. The van der Waals surface area contributed by atoms with Crippen molar-refractivity contribution in [3.8, 4) is 0 Å². The fourth-order valence-electron chi connectivity index (χ4n) is 2.88. The van der Waals surface area contributed by atoms with Crippen LogP contribution in [0.15, 0.2) is 17.5 Å². The van der Waals surface area contributed by atoms with Crippen LogP contribution in [-0.4, -0.2) is 36.6 Å². The van der Waals surface area contributed by atoms with Gasteiger partial charge in [0.2, 0.25) is 5.91 Å². The Morgan fingerprint density at radius 2 is 2.30 bits per heavy atom. The topological polar surface area (TPSA) is 41.6 Å². The summed E-state index contributed by atoms with van der Waals surface area (Å²) in [6.07, 6.45) is 5.31. The normalized spacial score (nSPS) is 23.8. The first kappa shape index (κ1) is 14.0. The first-order valence-electron chi connectivity index (χ1n) is 7.38. The van der Waals surface area contributed by atoms with E-state index in [1.807, 2.05) is 4.90 Å². The molecule has 1 N–H and O–H groups in total. The molecule has 1 atom stereocenters.